The summed E-state index contributed by atoms with van der Waals surface area (Å²) in [6, 6.07) is 4.48. The van der Waals surface area contributed by atoms with Gasteiger partial charge in [0, 0.05) is 44.9 Å². The Morgan fingerprint density at radius 2 is 1.86 bits per heavy atom. The van der Waals surface area contributed by atoms with E-state index in [0.29, 0.717) is 44.2 Å². The van der Waals surface area contributed by atoms with Gasteiger partial charge in [-0.25, -0.2) is 22.1 Å². The van der Waals surface area contributed by atoms with Crippen molar-refractivity contribution in [2.45, 2.75) is 31.8 Å². The number of hydrogen-bond donors (Lipinski definition) is 0. The van der Waals surface area contributed by atoms with Gasteiger partial charge < -0.3 is 9.64 Å². The van der Waals surface area contributed by atoms with Crippen molar-refractivity contribution in [3.63, 3.8) is 0 Å². The highest BCUT2D eigenvalue weighted by Gasteiger charge is 2.33. The molecule has 7 nitrogen and oxygen atoms in total. The standard InChI is InChI=1S/C19H24FN3O4S2/c1-29(25,26)23-10-4-13(5-11-23)18(24)22-8-6-15(7-9-22)27-19-21-16-3-2-14(20)12-17(16)28-19/h2-3,12-13,15H,4-11H2,1H3. The first-order valence-electron chi connectivity index (χ1n) is 9.76. The van der Waals surface area contributed by atoms with Gasteiger partial charge in [0.2, 0.25) is 15.9 Å². The molecule has 0 bridgehead atoms. The fourth-order valence-electron chi connectivity index (χ4n) is 3.96. The molecule has 2 saturated heterocycles. The highest BCUT2D eigenvalue weighted by molar-refractivity contribution is 7.88. The van der Waals surface area contributed by atoms with E-state index in [9.17, 15) is 17.6 Å². The number of thiazole rings is 1. The SMILES string of the molecule is CS(=O)(=O)N1CCC(C(=O)N2CCC(Oc3nc4ccc(F)cc4s3)CC2)CC1. The lowest BCUT2D eigenvalue weighted by Gasteiger charge is -2.36. The van der Waals surface area contributed by atoms with Gasteiger partial charge in [0.05, 0.1) is 16.5 Å². The number of ether oxygens (including phenoxy) is 1. The zero-order chi connectivity index (χ0) is 20.6. The summed E-state index contributed by atoms with van der Waals surface area (Å²) in [5, 5.41) is 0.531. The van der Waals surface area contributed by atoms with Gasteiger partial charge in [0.15, 0.2) is 0 Å². The average molecular weight is 442 g/mol. The van der Waals surface area contributed by atoms with E-state index in [1.807, 2.05) is 4.90 Å². The summed E-state index contributed by atoms with van der Waals surface area (Å²) in [4.78, 5) is 19.1. The normalized spacial score (nSPS) is 20.3. The van der Waals surface area contributed by atoms with Crippen LogP contribution in [0.4, 0.5) is 4.39 Å². The molecule has 2 aliphatic heterocycles. The minimum Gasteiger partial charge on any atom is -0.467 e. The average Bonchev–Trinajstić information content (AvgIpc) is 3.09. The van der Waals surface area contributed by atoms with Crippen molar-refractivity contribution in [1.82, 2.24) is 14.2 Å². The zero-order valence-electron chi connectivity index (χ0n) is 16.2. The number of hydrogen-bond acceptors (Lipinski definition) is 6. The molecule has 2 aliphatic rings. The maximum atomic E-state index is 13.3. The molecule has 0 aliphatic carbocycles. The Labute approximate surface area is 173 Å². The van der Waals surface area contributed by atoms with Gasteiger partial charge in [-0.1, -0.05) is 11.3 Å². The lowest BCUT2D eigenvalue weighted by Crippen LogP contribution is -2.47. The number of rotatable bonds is 4. The summed E-state index contributed by atoms with van der Waals surface area (Å²) in [7, 11) is -3.18. The van der Waals surface area contributed by atoms with Crippen LogP contribution in [0.3, 0.4) is 0 Å². The summed E-state index contributed by atoms with van der Waals surface area (Å²) < 4.78 is 44.7. The Hall–Kier alpha value is -1.78. The van der Waals surface area contributed by atoms with Crippen molar-refractivity contribution in [2.75, 3.05) is 32.4 Å². The monoisotopic (exact) mass is 441 g/mol. The van der Waals surface area contributed by atoms with Gasteiger partial charge in [0.25, 0.3) is 5.19 Å². The van der Waals surface area contributed by atoms with Crippen LogP contribution in [0.5, 0.6) is 5.19 Å². The molecule has 29 heavy (non-hydrogen) atoms. The fourth-order valence-corrected chi connectivity index (χ4v) is 5.74. The number of benzene rings is 1. The van der Waals surface area contributed by atoms with Crippen molar-refractivity contribution in [2.24, 2.45) is 5.92 Å². The molecule has 0 atom stereocenters. The lowest BCUT2D eigenvalue weighted by molar-refractivity contribution is -0.138. The van der Waals surface area contributed by atoms with E-state index in [-0.39, 0.29) is 23.7 Å². The van der Waals surface area contributed by atoms with Crippen molar-refractivity contribution in [3.8, 4) is 5.19 Å². The molecule has 0 saturated carbocycles. The molecule has 3 heterocycles. The number of sulfonamides is 1. The van der Waals surface area contributed by atoms with E-state index in [1.165, 1.54) is 34.0 Å². The van der Waals surface area contributed by atoms with E-state index >= 15 is 0 Å². The number of carbonyl (C=O) groups is 1. The summed E-state index contributed by atoms with van der Waals surface area (Å²) in [5.74, 6) is -0.279. The van der Waals surface area contributed by atoms with E-state index in [1.54, 1.807) is 6.07 Å². The third kappa shape index (κ3) is 4.70. The number of halogens is 1. The molecule has 158 valence electrons. The number of likely N-dealkylation sites (tertiary alicyclic amines) is 1. The Morgan fingerprint density at radius 3 is 2.52 bits per heavy atom. The van der Waals surface area contributed by atoms with E-state index in [0.717, 1.165) is 23.1 Å². The lowest BCUT2D eigenvalue weighted by atomic mass is 9.95. The molecule has 2 fully saturated rings. The highest BCUT2D eigenvalue weighted by Crippen LogP contribution is 2.31. The van der Waals surface area contributed by atoms with Crippen LogP contribution in [0, 0.1) is 11.7 Å². The van der Waals surface area contributed by atoms with E-state index in [2.05, 4.69) is 4.98 Å². The predicted octanol–water partition coefficient (Wildman–Crippen LogP) is 2.48. The third-order valence-electron chi connectivity index (χ3n) is 5.62. The minimum absolute atomic E-state index is 0.0171. The first-order chi connectivity index (χ1) is 13.8. The molecular weight excluding hydrogens is 417 g/mol. The molecule has 2 aromatic rings. The summed E-state index contributed by atoms with van der Waals surface area (Å²) >= 11 is 1.33. The van der Waals surface area contributed by atoms with Crippen LogP contribution in [0.2, 0.25) is 0 Å². The number of piperidine rings is 2. The Kier molecular flexibility index (Phi) is 5.76. The highest BCUT2D eigenvalue weighted by atomic mass is 32.2. The van der Waals surface area contributed by atoms with Gasteiger partial charge in [-0.15, -0.1) is 0 Å². The molecule has 0 unspecified atom stereocenters. The second-order valence-electron chi connectivity index (χ2n) is 7.67. The Balaban J connectivity index is 1.28. The summed E-state index contributed by atoms with van der Waals surface area (Å²) in [5.41, 5.74) is 0.722. The van der Waals surface area contributed by atoms with Crippen molar-refractivity contribution in [1.29, 1.82) is 0 Å². The van der Waals surface area contributed by atoms with Crippen LogP contribution in [0.15, 0.2) is 18.2 Å². The Morgan fingerprint density at radius 1 is 1.17 bits per heavy atom. The number of nitrogens with zero attached hydrogens (tertiary/aromatic N) is 3. The van der Waals surface area contributed by atoms with Crippen LogP contribution < -0.4 is 4.74 Å². The topological polar surface area (TPSA) is 79.8 Å². The maximum absolute atomic E-state index is 13.3. The fraction of sp³-hybridized carbons (Fsp3) is 0.579. The molecule has 4 rings (SSSR count). The second kappa shape index (κ2) is 8.16. The van der Waals surface area contributed by atoms with Crippen molar-refractivity contribution >= 4 is 37.5 Å². The molecule has 0 spiro atoms. The van der Waals surface area contributed by atoms with E-state index < -0.39 is 10.0 Å². The second-order valence-corrected chi connectivity index (χ2v) is 10.6. The first kappa shape index (κ1) is 20.5. The van der Waals surface area contributed by atoms with Gasteiger partial charge in [0.1, 0.15) is 11.9 Å². The zero-order valence-corrected chi connectivity index (χ0v) is 17.8. The van der Waals surface area contributed by atoms with Crippen LogP contribution >= 0.6 is 11.3 Å². The predicted molar refractivity (Wildman–Crippen MR) is 109 cm³/mol. The molecule has 1 amide bonds. The third-order valence-corrected chi connectivity index (χ3v) is 7.84. The number of amides is 1. The Bertz CT molecular complexity index is 994. The molecular formula is C19H24FN3O4S2. The number of carbonyl (C=O) groups excluding carboxylic acids is 1. The molecule has 1 aromatic carbocycles. The summed E-state index contributed by atoms with van der Waals surface area (Å²) in [6.45, 7) is 2.06. The largest absolute Gasteiger partial charge is 0.467 e. The van der Waals surface area contributed by atoms with Gasteiger partial charge in [-0.3, -0.25) is 4.79 Å². The minimum atomic E-state index is -3.18. The summed E-state index contributed by atoms with van der Waals surface area (Å²) in [6.07, 6.45) is 3.78. The van der Waals surface area contributed by atoms with Crippen LogP contribution in [0.1, 0.15) is 25.7 Å². The van der Waals surface area contributed by atoms with Gasteiger partial charge >= 0.3 is 0 Å². The van der Waals surface area contributed by atoms with Crippen LogP contribution in [-0.4, -0.2) is 67.1 Å². The van der Waals surface area contributed by atoms with Crippen molar-refractivity contribution < 1.29 is 22.3 Å². The maximum Gasteiger partial charge on any atom is 0.274 e. The quantitative estimate of drug-likeness (QED) is 0.728. The smallest absolute Gasteiger partial charge is 0.274 e. The molecule has 1 aromatic heterocycles. The molecule has 0 N–H and O–H groups in total. The van der Waals surface area contributed by atoms with E-state index in [4.69, 9.17) is 4.74 Å². The molecule has 10 heteroatoms. The van der Waals surface area contributed by atoms with Crippen molar-refractivity contribution in [3.05, 3.63) is 24.0 Å². The number of fused-ring (bicyclic) bond motifs is 1. The molecule has 0 radical (unpaired) electrons. The number of aromatic nitrogens is 1. The first-order valence-corrected chi connectivity index (χ1v) is 12.4. The van der Waals surface area contributed by atoms with Crippen LogP contribution in [-0.2, 0) is 14.8 Å². The van der Waals surface area contributed by atoms with Crippen LogP contribution in [0.25, 0.3) is 10.2 Å². The van der Waals surface area contributed by atoms with Gasteiger partial charge in [-0.2, -0.15) is 0 Å². The van der Waals surface area contributed by atoms with Gasteiger partial charge in [-0.05, 0) is 31.0 Å².